The second kappa shape index (κ2) is 4.85. The van der Waals surface area contributed by atoms with Crippen LogP contribution in [-0.2, 0) is 11.3 Å². The summed E-state index contributed by atoms with van der Waals surface area (Å²) < 4.78 is 0. The lowest BCUT2D eigenvalue weighted by Gasteiger charge is -2.21. The Morgan fingerprint density at radius 2 is 2.00 bits per heavy atom. The molecule has 0 aliphatic carbocycles. The second-order valence-electron chi connectivity index (χ2n) is 5.37. The first-order valence-electron chi connectivity index (χ1n) is 6.76. The smallest absolute Gasteiger partial charge is 0.322 e. The summed E-state index contributed by atoms with van der Waals surface area (Å²) in [5.74, 6) is -0.509. The number of hydrogen-bond acceptors (Lipinski definition) is 4. The van der Waals surface area contributed by atoms with Crippen LogP contribution in [-0.4, -0.2) is 41.4 Å². The molecule has 0 radical (unpaired) electrons. The number of hydrogen-bond donors (Lipinski definition) is 3. The van der Waals surface area contributed by atoms with Gasteiger partial charge in [-0.15, -0.1) is 0 Å². The number of nitrogens with zero attached hydrogens (tertiary/aromatic N) is 1. The van der Waals surface area contributed by atoms with Gasteiger partial charge in [0.2, 0.25) is 0 Å². The van der Waals surface area contributed by atoms with Crippen molar-refractivity contribution in [1.82, 2.24) is 15.5 Å². The van der Waals surface area contributed by atoms with Crippen LogP contribution in [0.3, 0.4) is 0 Å². The van der Waals surface area contributed by atoms with Gasteiger partial charge in [0.05, 0.1) is 6.54 Å². The van der Waals surface area contributed by atoms with E-state index in [1.54, 1.807) is 17.0 Å². The van der Waals surface area contributed by atoms with E-state index in [0.29, 0.717) is 25.1 Å². The highest BCUT2D eigenvalue weighted by molar-refractivity contribution is 6.08. The van der Waals surface area contributed by atoms with Gasteiger partial charge in [0.15, 0.2) is 0 Å². The first kappa shape index (κ1) is 13.6. The predicted octanol–water partition coefficient (Wildman–Crippen LogP) is -0.431. The average molecular weight is 288 g/mol. The van der Waals surface area contributed by atoms with Gasteiger partial charge in [-0.3, -0.25) is 14.9 Å². The summed E-state index contributed by atoms with van der Waals surface area (Å²) >= 11 is 0. The average Bonchev–Trinajstić information content (AvgIpc) is 3.03. The van der Waals surface area contributed by atoms with Crippen molar-refractivity contribution in [3.63, 3.8) is 0 Å². The molecular formula is C14H16N4O3. The van der Waals surface area contributed by atoms with Crippen LogP contribution in [0.4, 0.5) is 4.79 Å². The Balaban J connectivity index is 1.75. The van der Waals surface area contributed by atoms with E-state index in [1.807, 2.05) is 12.1 Å². The van der Waals surface area contributed by atoms with Crippen molar-refractivity contribution in [2.24, 2.45) is 5.73 Å². The standard InChI is InChI=1S/C14H16N4O3/c15-7-9-1-3-10(4-2-9)11(19)18-6-5-14(8-18)12(20)16-13(21)17-14/h1-4H,5-8,15H2,(H2,16,17,20,21). The molecule has 0 bridgehead atoms. The van der Waals surface area contributed by atoms with E-state index in [-0.39, 0.29) is 18.4 Å². The molecule has 1 spiro atoms. The lowest BCUT2D eigenvalue weighted by Crippen LogP contribution is -2.49. The van der Waals surface area contributed by atoms with E-state index < -0.39 is 11.6 Å². The zero-order chi connectivity index (χ0) is 15.0. The van der Waals surface area contributed by atoms with E-state index in [4.69, 9.17) is 5.73 Å². The Bertz CT molecular complexity index is 613. The molecule has 21 heavy (non-hydrogen) atoms. The Hall–Kier alpha value is -2.41. The number of imide groups is 1. The minimum atomic E-state index is -0.968. The number of benzene rings is 1. The lowest BCUT2D eigenvalue weighted by atomic mass is 9.99. The molecule has 4 N–H and O–H groups in total. The number of nitrogens with one attached hydrogen (secondary N) is 2. The topological polar surface area (TPSA) is 105 Å². The van der Waals surface area contributed by atoms with Gasteiger partial charge in [0, 0.05) is 18.7 Å². The van der Waals surface area contributed by atoms with Crippen molar-refractivity contribution in [3.05, 3.63) is 35.4 Å². The van der Waals surface area contributed by atoms with Crippen LogP contribution in [0.25, 0.3) is 0 Å². The summed E-state index contributed by atoms with van der Waals surface area (Å²) in [6.45, 7) is 1.06. The maximum absolute atomic E-state index is 12.4. The molecule has 7 nitrogen and oxygen atoms in total. The molecule has 7 heteroatoms. The van der Waals surface area contributed by atoms with Crippen LogP contribution >= 0.6 is 0 Å². The van der Waals surface area contributed by atoms with Crippen molar-refractivity contribution in [1.29, 1.82) is 0 Å². The molecule has 2 aliphatic rings. The third kappa shape index (κ3) is 2.25. The number of carbonyl (C=O) groups is 3. The van der Waals surface area contributed by atoms with Gasteiger partial charge in [0.25, 0.3) is 11.8 Å². The molecule has 1 atom stereocenters. The zero-order valence-electron chi connectivity index (χ0n) is 11.4. The molecule has 1 unspecified atom stereocenters. The third-order valence-corrected chi connectivity index (χ3v) is 4.01. The summed E-state index contributed by atoms with van der Waals surface area (Å²) in [7, 11) is 0. The SMILES string of the molecule is NCc1ccc(C(=O)N2CCC3(C2)NC(=O)NC3=O)cc1. The van der Waals surface area contributed by atoms with Crippen LogP contribution < -0.4 is 16.4 Å². The largest absolute Gasteiger partial charge is 0.336 e. The Morgan fingerprint density at radius 1 is 1.29 bits per heavy atom. The fraction of sp³-hybridized carbons (Fsp3) is 0.357. The minimum Gasteiger partial charge on any atom is -0.336 e. The number of nitrogens with two attached hydrogens (primary N) is 1. The molecule has 3 rings (SSSR count). The van der Waals surface area contributed by atoms with Crippen molar-refractivity contribution < 1.29 is 14.4 Å². The number of urea groups is 1. The van der Waals surface area contributed by atoms with Gasteiger partial charge in [-0.1, -0.05) is 12.1 Å². The van der Waals surface area contributed by atoms with Crippen LogP contribution in [0, 0.1) is 0 Å². The van der Waals surface area contributed by atoms with Crippen molar-refractivity contribution in [2.75, 3.05) is 13.1 Å². The molecule has 0 aromatic heterocycles. The molecule has 2 saturated heterocycles. The maximum Gasteiger partial charge on any atom is 0.322 e. The van der Waals surface area contributed by atoms with E-state index in [1.165, 1.54) is 0 Å². The number of rotatable bonds is 2. The molecule has 2 fully saturated rings. The van der Waals surface area contributed by atoms with Gasteiger partial charge in [-0.25, -0.2) is 4.79 Å². The summed E-state index contributed by atoms with van der Waals surface area (Å²) in [4.78, 5) is 37.1. The summed E-state index contributed by atoms with van der Waals surface area (Å²) in [6, 6.07) is 6.57. The van der Waals surface area contributed by atoms with Gasteiger partial charge in [-0.05, 0) is 24.1 Å². The first-order valence-corrected chi connectivity index (χ1v) is 6.76. The van der Waals surface area contributed by atoms with Crippen LogP contribution in [0.15, 0.2) is 24.3 Å². The second-order valence-corrected chi connectivity index (χ2v) is 5.37. The van der Waals surface area contributed by atoms with Gasteiger partial charge < -0.3 is 16.0 Å². The highest BCUT2D eigenvalue weighted by atomic mass is 16.2. The fourth-order valence-corrected chi connectivity index (χ4v) is 2.76. The monoisotopic (exact) mass is 288 g/mol. The van der Waals surface area contributed by atoms with E-state index in [2.05, 4.69) is 10.6 Å². The number of likely N-dealkylation sites (tertiary alicyclic amines) is 1. The molecule has 4 amide bonds. The Morgan fingerprint density at radius 3 is 2.57 bits per heavy atom. The number of amides is 4. The summed E-state index contributed by atoms with van der Waals surface area (Å²) in [5.41, 5.74) is 6.06. The van der Waals surface area contributed by atoms with Gasteiger partial charge in [-0.2, -0.15) is 0 Å². The van der Waals surface area contributed by atoms with E-state index in [0.717, 1.165) is 5.56 Å². The quantitative estimate of drug-likeness (QED) is 0.642. The molecule has 0 saturated carbocycles. The van der Waals surface area contributed by atoms with Crippen molar-refractivity contribution in [3.8, 4) is 0 Å². The molecular weight excluding hydrogens is 272 g/mol. The van der Waals surface area contributed by atoms with Crippen molar-refractivity contribution >= 4 is 17.8 Å². The summed E-state index contributed by atoms with van der Waals surface area (Å²) in [6.07, 6.45) is 0.428. The highest BCUT2D eigenvalue weighted by Gasteiger charge is 2.51. The molecule has 1 aromatic carbocycles. The minimum absolute atomic E-state index is 0.149. The van der Waals surface area contributed by atoms with Gasteiger partial charge in [0.1, 0.15) is 5.54 Å². The summed E-state index contributed by atoms with van der Waals surface area (Å²) in [5, 5.41) is 4.85. The molecule has 2 aliphatic heterocycles. The van der Waals surface area contributed by atoms with E-state index in [9.17, 15) is 14.4 Å². The normalized spacial score (nSPS) is 24.3. The lowest BCUT2D eigenvalue weighted by molar-refractivity contribution is -0.123. The zero-order valence-corrected chi connectivity index (χ0v) is 11.4. The highest BCUT2D eigenvalue weighted by Crippen LogP contribution is 2.25. The number of carbonyl (C=O) groups excluding carboxylic acids is 3. The fourth-order valence-electron chi connectivity index (χ4n) is 2.76. The Labute approximate surface area is 121 Å². The molecule has 2 heterocycles. The Kier molecular flexibility index (Phi) is 3.13. The first-order chi connectivity index (χ1) is 10.0. The van der Waals surface area contributed by atoms with Gasteiger partial charge >= 0.3 is 6.03 Å². The third-order valence-electron chi connectivity index (χ3n) is 4.01. The van der Waals surface area contributed by atoms with Crippen LogP contribution in [0.1, 0.15) is 22.3 Å². The van der Waals surface area contributed by atoms with Crippen LogP contribution in [0.2, 0.25) is 0 Å². The molecule has 110 valence electrons. The molecule has 1 aromatic rings. The van der Waals surface area contributed by atoms with Crippen LogP contribution in [0.5, 0.6) is 0 Å². The van der Waals surface area contributed by atoms with E-state index >= 15 is 0 Å². The maximum atomic E-state index is 12.4. The van der Waals surface area contributed by atoms with Crippen molar-refractivity contribution in [2.45, 2.75) is 18.5 Å². The predicted molar refractivity (Wildman–Crippen MR) is 74.3 cm³/mol.